The highest BCUT2D eigenvalue weighted by atomic mass is 16.1. The number of aromatic nitrogens is 9. The summed E-state index contributed by atoms with van der Waals surface area (Å²) in [7, 11) is 1.89. The Morgan fingerprint density at radius 2 is 1.81 bits per heavy atom. The molecule has 11 heteroatoms. The maximum Gasteiger partial charge on any atom is 0.256 e. The zero-order valence-electron chi connectivity index (χ0n) is 22.1. The Kier molecular flexibility index (Phi) is 6.36. The summed E-state index contributed by atoms with van der Waals surface area (Å²) in [6.45, 7) is 12.2. The standard InChI is InChI=1S/C26H32N10O/c1-7-9-36-25-24(16(3)32-36)21(10-23(31-25)22-13-27-33(6)18(22)5)26(37)30-20-12-28-34(15-20)14-19-11-29-35(8-2)17(19)4/h10-13,15H,7-9,14H2,1-6H3,(H,30,37). The van der Waals surface area contributed by atoms with Gasteiger partial charge in [-0.05, 0) is 40.2 Å². The normalized spacial score (nSPS) is 11.5. The van der Waals surface area contributed by atoms with Crippen LogP contribution in [0.2, 0.25) is 0 Å². The number of carbonyl (C=O) groups is 1. The summed E-state index contributed by atoms with van der Waals surface area (Å²) < 4.78 is 7.44. The van der Waals surface area contributed by atoms with Crippen LogP contribution in [0.25, 0.3) is 22.3 Å². The highest BCUT2D eigenvalue weighted by molar-refractivity contribution is 6.13. The van der Waals surface area contributed by atoms with Gasteiger partial charge in [0.05, 0.1) is 53.2 Å². The number of nitrogens with one attached hydrogen (secondary N) is 1. The molecule has 0 radical (unpaired) electrons. The molecule has 5 heterocycles. The van der Waals surface area contributed by atoms with Gasteiger partial charge in [-0.3, -0.25) is 18.8 Å². The first kappa shape index (κ1) is 24.4. The summed E-state index contributed by atoms with van der Waals surface area (Å²) in [5, 5.41) is 21.7. The second-order valence-corrected chi connectivity index (χ2v) is 9.28. The molecule has 192 valence electrons. The minimum Gasteiger partial charge on any atom is -0.319 e. The molecule has 0 aliphatic carbocycles. The van der Waals surface area contributed by atoms with Crippen molar-refractivity contribution in [3.63, 3.8) is 0 Å². The van der Waals surface area contributed by atoms with E-state index in [0.29, 0.717) is 35.7 Å². The lowest BCUT2D eigenvalue weighted by Crippen LogP contribution is -2.13. The third kappa shape index (κ3) is 4.41. The van der Waals surface area contributed by atoms with Crippen LogP contribution in [-0.2, 0) is 26.7 Å². The predicted molar refractivity (Wildman–Crippen MR) is 141 cm³/mol. The van der Waals surface area contributed by atoms with Crippen LogP contribution >= 0.6 is 0 Å². The first-order chi connectivity index (χ1) is 17.8. The predicted octanol–water partition coefficient (Wildman–Crippen LogP) is 3.88. The molecule has 0 saturated carbocycles. The Hall–Kier alpha value is -4.28. The molecule has 1 N–H and O–H groups in total. The quantitative estimate of drug-likeness (QED) is 0.346. The van der Waals surface area contributed by atoms with Gasteiger partial charge in [0.1, 0.15) is 0 Å². The zero-order valence-corrected chi connectivity index (χ0v) is 22.1. The number of fused-ring (bicyclic) bond motifs is 1. The molecular weight excluding hydrogens is 468 g/mol. The van der Waals surface area contributed by atoms with E-state index in [4.69, 9.17) is 4.98 Å². The summed E-state index contributed by atoms with van der Waals surface area (Å²) in [5.74, 6) is -0.233. The maximum atomic E-state index is 13.6. The van der Waals surface area contributed by atoms with Crippen molar-refractivity contribution in [1.29, 1.82) is 0 Å². The van der Waals surface area contributed by atoms with Crippen LogP contribution < -0.4 is 5.32 Å². The van der Waals surface area contributed by atoms with Crippen molar-refractivity contribution in [3.05, 3.63) is 59.1 Å². The summed E-state index contributed by atoms with van der Waals surface area (Å²) in [5.41, 5.74) is 7.37. The SMILES string of the molecule is CCCn1nc(C)c2c(C(=O)Nc3cnn(Cc4cnn(CC)c4C)c3)cc(-c3cnn(C)c3C)nc21. The number of carbonyl (C=O) groups excluding carboxylic acids is 1. The summed E-state index contributed by atoms with van der Waals surface area (Å²) in [6, 6.07) is 1.83. The molecule has 5 aromatic heterocycles. The molecule has 0 aliphatic rings. The van der Waals surface area contributed by atoms with Gasteiger partial charge in [0.25, 0.3) is 5.91 Å². The number of rotatable bonds is 8. The van der Waals surface area contributed by atoms with E-state index in [-0.39, 0.29) is 5.91 Å². The molecule has 0 spiro atoms. The van der Waals surface area contributed by atoms with Crippen LogP contribution in [0.15, 0.2) is 30.9 Å². The number of anilines is 1. The fourth-order valence-corrected chi connectivity index (χ4v) is 4.64. The molecule has 0 aromatic carbocycles. The van der Waals surface area contributed by atoms with Crippen molar-refractivity contribution in [2.24, 2.45) is 7.05 Å². The zero-order chi connectivity index (χ0) is 26.3. The van der Waals surface area contributed by atoms with Gasteiger partial charge in [0, 0.05) is 48.8 Å². The van der Waals surface area contributed by atoms with Crippen molar-refractivity contribution < 1.29 is 4.79 Å². The van der Waals surface area contributed by atoms with Crippen molar-refractivity contribution in [1.82, 2.24) is 44.1 Å². The number of pyridine rings is 1. The Labute approximate surface area is 215 Å². The Bertz CT molecular complexity index is 1600. The number of hydrogen-bond acceptors (Lipinski definition) is 6. The minimum atomic E-state index is -0.233. The lowest BCUT2D eigenvalue weighted by molar-refractivity contribution is 0.102. The van der Waals surface area contributed by atoms with E-state index in [1.165, 1.54) is 0 Å². The molecule has 0 aliphatic heterocycles. The third-order valence-electron chi connectivity index (χ3n) is 6.80. The van der Waals surface area contributed by atoms with E-state index in [2.05, 4.69) is 46.5 Å². The lowest BCUT2D eigenvalue weighted by atomic mass is 10.1. The number of aryl methyl sites for hydroxylation is 4. The highest BCUT2D eigenvalue weighted by Crippen LogP contribution is 2.29. The van der Waals surface area contributed by atoms with Crippen LogP contribution in [-0.4, -0.2) is 50.0 Å². The van der Waals surface area contributed by atoms with E-state index in [1.807, 2.05) is 48.7 Å². The van der Waals surface area contributed by atoms with Gasteiger partial charge in [-0.2, -0.15) is 20.4 Å². The Morgan fingerprint density at radius 3 is 2.49 bits per heavy atom. The van der Waals surface area contributed by atoms with Crippen molar-refractivity contribution in [2.75, 3.05) is 5.32 Å². The first-order valence-electron chi connectivity index (χ1n) is 12.5. The third-order valence-corrected chi connectivity index (χ3v) is 6.80. The second-order valence-electron chi connectivity index (χ2n) is 9.28. The van der Waals surface area contributed by atoms with E-state index in [9.17, 15) is 4.79 Å². The average Bonchev–Trinajstić information content (AvgIpc) is 3.63. The van der Waals surface area contributed by atoms with E-state index in [0.717, 1.165) is 46.6 Å². The van der Waals surface area contributed by atoms with Crippen LogP contribution in [0.5, 0.6) is 0 Å². The monoisotopic (exact) mass is 500 g/mol. The Balaban J connectivity index is 1.49. The molecule has 5 rings (SSSR count). The molecule has 0 saturated heterocycles. The van der Waals surface area contributed by atoms with Gasteiger partial charge in [0.2, 0.25) is 0 Å². The molecule has 11 nitrogen and oxygen atoms in total. The average molecular weight is 501 g/mol. The molecule has 0 unspecified atom stereocenters. The molecule has 0 fully saturated rings. The van der Waals surface area contributed by atoms with Gasteiger partial charge in [-0.15, -0.1) is 0 Å². The number of hydrogen-bond donors (Lipinski definition) is 1. The van der Waals surface area contributed by atoms with Gasteiger partial charge in [-0.1, -0.05) is 6.92 Å². The van der Waals surface area contributed by atoms with Crippen LogP contribution in [0.4, 0.5) is 5.69 Å². The minimum absolute atomic E-state index is 0.233. The fraction of sp³-hybridized carbons (Fsp3) is 0.385. The number of amides is 1. The molecule has 0 bridgehead atoms. The molecule has 5 aromatic rings. The first-order valence-corrected chi connectivity index (χ1v) is 12.5. The smallest absolute Gasteiger partial charge is 0.256 e. The van der Waals surface area contributed by atoms with Crippen molar-refractivity contribution >= 4 is 22.6 Å². The van der Waals surface area contributed by atoms with Gasteiger partial charge in [-0.25, -0.2) is 9.67 Å². The second kappa shape index (κ2) is 9.64. The van der Waals surface area contributed by atoms with Crippen molar-refractivity contribution in [3.8, 4) is 11.3 Å². The molecule has 37 heavy (non-hydrogen) atoms. The van der Waals surface area contributed by atoms with Crippen molar-refractivity contribution in [2.45, 2.75) is 60.7 Å². The highest BCUT2D eigenvalue weighted by Gasteiger charge is 2.22. The van der Waals surface area contributed by atoms with E-state index < -0.39 is 0 Å². The van der Waals surface area contributed by atoms with E-state index >= 15 is 0 Å². The lowest BCUT2D eigenvalue weighted by Gasteiger charge is -2.09. The maximum absolute atomic E-state index is 13.6. The summed E-state index contributed by atoms with van der Waals surface area (Å²) in [4.78, 5) is 18.6. The van der Waals surface area contributed by atoms with Crippen LogP contribution in [0.1, 0.15) is 53.3 Å². The van der Waals surface area contributed by atoms with Crippen LogP contribution in [0.3, 0.4) is 0 Å². The topological polar surface area (TPSA) is 113 Å². The summed E-state index contributed by atoms with van der Waals surface area (Å²) >= 11 is 0. The Morgan fingerprint density at radius 1 is 1.00 bits per heavy atom. The fourth-order valence-electron chi connectivity index (χ4n) is 4.64. The molecular formula is C26H32N10O. The number of nitrogens with zero attached hydrogens (tertiary/aromatic N) is 9. The van der Waals surface area contributed by atoms with Gasteiger partial charge < -0.3 is 5.32 Å². The summed E-state index contributed by atoms with van der Waals surface area (Å²) in [6.07, 6.45) is 8.05. The van der Waals surface area contributed by atoms with Gasteiger partial charge >= 0.3 is 0 Å². The molecule has 0 atom stereocenters. The largest absolute Gasteiger partial charge is 0.319 e. The van der Waals surface area contributed by atoms with Crippen LogP contribution in [0, 0.1) is 20.8 Å². The molecule has 1 amide bonds. The van der Waals surface area contributed by atoms with Gasteiger partial charge in [0.15, 0.2) is 5.65 Å². The van der Waals surface area contributed by atoms with E-state index in [1.54, 1.807) is 21.8 Å².